The summed E-state index contributed by atoms with van der Waals surface area (Å²) >= 11 is 0. The first-order valence-electron chi connectivity index (χ1n) is 10.2. The average Bonchev–Trinajstić information content (AvgIpc) is 3.09. The summed E-state index contributed by atoms with van der Waals surface area (Å²) in [6.45, 7) is 6.25. The topological polar surface area (TPSA) is 81.1 Å². The Kier molecular flexibility index (Phi) is 6.69. The summed E-state index contributed by atoms with van der Waals surface area (Å²) in [4.78, 5) is 12.5. The fourth-order valence-electron chi connectivity index (χ4n) is 3.35. The van der Waals surface area contributed by atoms with Crippen LogP contribution in [0.4, 0.5) is 13.2 Å². The molecule has 2 aromatic carbocycles. The highest BCUT2D eigenvalue weighted by Crippen LogP contribution is 2.33. The van der Waals surface area contributed by atoms with Crippen LogP contribution in [0.15, 0.2) is 53.4 Å². The van der Waals surface area contributed by atoms with Crippen LogP contribution in [0, 0.1) is 13.8 Å². The molecular weight excluding hydrogens is 455 g/mol. The first kappa shape index (κ1) is 24.5. The van der Waals surface area contributed by atoms with Gasteiger partial charge in [-0.25, -0.2) is 13.1 Å². The molecule has 1 heterocycles. The first-order chi connectivity index (χ1) is 15.3. The minimum absolute atomic E-state index is 0.0770. The molecule has 1 aromatic heterocycles. The normalized spacial score (nSPS) is 12.2. The molecule has 3 rings (SSSR count). The largest absolute Gasteiger partial charge is 0.416 e. The molecule has 176 valence electrons. The van der Waals surface area contributed by atoms with Gasteiger partial charge in [-0.15, -0.1) is 0 Å². The lowest BCUT2D eigenvalue weighted by molar-refractivity contribution is -0.138. The molecule has 1 N–H and O–H groups in total. The van der Waals surface area contributed by atoms with Gasteiger partial charge in [0.15, 0.2) is 9.84 Å². The molecule has 33 heavy (non-hydrogen) atoms. The summed E-state index contributed by atoms with van der Waals surface area (Å²) in [7, 11) is -3.49. The van der Waals surface area contributed by atoms with Crippen molar-refractivity contribution in [3.63, 3.8) is 0 Å². The first-order valence-corrected chi connectivity index (χ1v) is 11.7. The number of aromatic nitrogens is 2. The van der Waals surface area contributed by atoms with E-state index in [0.717, 1.165) is 6.07 Å². The van der Waals surface area contributed by atoms with Crippen molar-refractivity contribution in [2.24, 2.45) is 0 Å². The molecule has 0 saturated carbocycles. The van der Waals surface area contributed by atoms with Crippen LogP contribution in [0.2, 0.25) is 0 Å². The molecule has 0 atom stereocenters. The van der Waals surface area contributed by atoms with Crippen molar-refractivity contribution in [1.82, 2.24) is 15.1 Å². The maximum Gasteiger partial charge on any atom is 0.416 e. The standard InChI is InChI=1S/C23H24F3N3O3S/c1-14(2)33(31,32)20-9-6-17(7-10-20)22(30)27-13-18-5-8-19(12-21(18)23(24,25)26)29-16(4)11-15(3)28-29/h5-12,14H,13H2,1-4H3,(H,27,30). The van der Waals surface area contributed by atoms with Gasteiger partial charge in [0.1, 0.15) is 0 Å². The van der Waals surface area contributed by atoms with Gasteiger partial charge in [0, 0.05) is 17.8 Å². The third kappa shape index (κ3) is 5.27. The van der Waals surface area contributed by atoms with Crippen LogP contribution in [0.5, 0.6) is 0 Å². The Bertz CT molecular complexity index is 1280. The highest BCUT2D eigenvalue weighted by atomic mass is 32.2. The van der Waals surface area contributed by atoms with E-state index in [4.69, 9.17) is 0 Å². The second-order valence-electron chi connectivity index (χ2n) is 7.98. The molecule has 0 radical (unpaired) electrons. The zero-order chi connectivity index (χ0) is 24.6. The van der Waals surface area contributed by atoms with Crippen LogP contribution in [0.1, 0.15) is 46.7 Å². The highest BCUT2D eigenvalue weighted by molar-refractivity contribution is 7.92. The Morgan fingerprint density at radius 2 is 1.70 bits per heavy atom. The van der Waals surface area contributed by atoms with Crippen molar-refractivity contribution < 1.29 is 26.4 Å². The predicted molar refractivity (Wildman–Crippen MR) is 118 cm³/mol. The number of aryl methyl sites for hydroxylation is 2. The van der Waals surface area contributed by atoms with Crippen LogP contribution in [0.3, 0.4) is 0 Å². The predicted octanol–water partition coefficient (Wildman–Crippen LogP) is 4.62. The molecule has 0 fully saturated rings. The van der Waals surface area contributed by atoms with Gasteiger partial charge in [-0.05, 0) is 75.7 Å². The monoisotopic (exact) mass is 479 g/mol. The highest BCUT2D eigenvalue weighted by Gasteiger charge is 2.34. The van der Waals surface area contributed by atoms with Gasteiger partial charge >= 0.3 is 6.18 Å². The van der Waals surface area contributed by atoms with E-state index < -0.39 is 32.7 Å². The van der Waals surface area contributed by atoms with Gasteiger partial charge in [-0.2, -0.15) is 18.3 Å². The van der Waals surface area contributed by atoms with Crippen LogP contribution >= 0.6 is 0 Å². The lowest BCUT2D eigenvalue weighted by Crippen LogP contribution is -2.25. The minimum Gasteiger partial charge on any atom is -0.348 e. The van der Waals surface area contributed by atoms with Gasteiger partial charge in [0.05, 0.1) is 27.1 Å². The number of halogens is 3. The fraction of sp³-hybridized carbons (Fsp3) is 0.304. The maximum absolute atomic E-state index is 13.7. The van der Waals surface area contributed by atoms with Crippen molar-refractivity contribution >= 4 is 15.7 Å². The number of rotatable bonds is 6. The second kappa shape index (κ2) is 9.01. The van der Waals surface area contributed by atoms with Crippen LogP contribution in [0.25, 0.3) is 5.69 Å². The number of carbonyl (C=O) groups is 1. The van der Waals surface area contributed by atoms with Crippen molar-refractivity contribution in [2.75, 3.05) is 0 Å². The molecule has 0 aliphatic heterocycles. The van der Waals surface area contributed by atoms with E-state index >= 15 is 0 Å². The zero-order valence-corrected chi connectivity index (χ0v) is 19.4. The fourth-order valence-corrected chi connectivity index (χ4v) is 4.41. The van der Waals surface area contributed by atoms with E-state index in [1.807, 2.05) is 0 Å². The zero-order valence-electron chi connectivity index (χ0n) is 18.6. The van der Waals surface area contributed by atoms with Gasteiger partial charge in [0.2, 0.25) is 0 Å². The molecule has 0 aliphatic rings. The van der Waals surface area contributed by atoms with E-state index in [1.54, 1.807) is 33.8 Å². The van der Waals surface area contributed by atoms with E-state index in [2.05, 4.69) is 10.4 Å². The van der Waals surface area contributed by atoms with Crippen LogP contribution in [-0.4, -0.2) is 29.4 Å². The molecule has 0 bridgehead atoms. The number of amides is 1. The number of hydrogen-bond acceptors (Lipinski definition) is 4. The summed E-state index contributed by atoms with van der Waals surface area (Å²) in [5.74, 6) is -0.612. The molecule has 0 saturated heterocycles. The smallest absolute Gasteiger partial charge is 0.348 e. The van der Waals surface area contributed by atoms with Crippen LogP contribution < -0.4 is 5.32 Å². The van der Waals surface area contributed by atoms with Crippen molar-refractivity contribution in [3.8, 4) is 5.69 Å². The summed E-state index contributed by atoms with van der Waals surface area (Å²) in [5, 5.41) is 6.08. The molecule has 3 aromatic rings. The number of nitrogens with one attached hydrogen (secondary N) is 1. The third-order valence-electron chi connectivity index (χ3n) is 5.16. The molecule has 10 heteroatoms. The number of sulfone groups is 1. The van der Waals surface area contributed by atoms with Gasteiger partial charge in [-0.3, -0.25) is 4.79 Å². The van der Waals surface area contributed by atoms with E-state index in [-0.39, 0.29) is 28.3 Å². The molecule has 0 aliphatic carbocycles. The Morgan fingerprint density at radius 1 is 1.06 bits per heavy atom. The number of carbonyl (C=O) groups excluding carboxylic acids is 1. The van der Waals surface area contributed by atoms with Gasteiger partial charge < -0.3 is 5.32 Å². The lowest BCUT2D eigenvalue weighted by Gasteiger charge is -2.16. The van der Waals surface area contributed by atoms with Crippen molar-refractivity contribution in [1.29, 1.82) is 0 Å². The van der Waals surface area contributed by atoms with Crippen LogP contribution in [-0.2, 0) is 22.6 Å². The lowest BCUT2D eigenvalue weighted by atomic mass is 10.1. The molecule has 6 nitrogen and oxygen atoms in total. The number of alkyl halides is 3. The number of hydrogen-bond donors (Lipinski definition) is 1. The van der Waals surface area contributed by atoms with Gasteiger partial charge in [0.25, 0.3) is 5.91 Å². The van der Waals surface area contributed by atoms with Crippen molar-refractivity contribution in [3.05, 3.63) is 76.6 Å². The molecule has 1 amide bonds. The molecular formula is C23H24F3N3O3S. The van der Waals surface area contributed by atoms with E-state index in [9.17, 15) is 26.4 Å². The average molecular weight is 480 g/mol. The Balaban J connectivity index is 1.82. The minimum atomic E-state index is -4.63. The summed E-state index contributed by atoms with van der Waals surface area (Å²) in [5.41, 5.74) is 0.830. The maximum atomic E-state index is 13.7. The van der Waals surface area contributed by atoms with E-state index in [1.165, 1.54) is 41.1 Å². The van der Waals surface area contributed by atoms with Gasteiger partial charge in [-0.1, -0.05) is 6.07 Å². The Hall–Kier alpha value is -3.14. The van der Waals surface area contributed by atoms with E-state index in [0.29, 0.717) is 11.4 Å². The number of benzene rings is 2. The summed E-state index contributed by atoms with van der Waals surface area (Å²) in [6, 6.07) is 10.9. The molecule has 0 spiro atoms. The Labute approximate surface area is 190 Å². The summed E-state index contributed by atoms with van der Waals surface area (Å²) in [6.07, 6.45) is -4.63. The quantitative estimate of drug-likeness (QED) is 0.560. The second-order valence-corrected chi connectivity index (χ2v) is 10.5. The molecule has 0 unspecified atom stereocenters. The van der Waals surface area contributed by atoms with Crippen molar-refractivity contribution in [2.45, 2.75) is 50.6 Å². The summed E-state index contributed by atoms with van der Waals surface area (Å²) < 4.78 is 67.0. The third-order valence-corrected chi connectivity index (χ3v) is 7.33. The number of nitrogens with zero attached hydrogens (tertiary/aromatic N) is 2. The SMILES string of the molecule is Cc1cc(C)n(-c2ccc(CNC(=O)c3ccc(S(=O)(=O)C(C)C)cc3)c(C(F)(F)F)c2)n1. The Morgan fingerprint density at radius 3 is 2.21 bits per heavy atom.